The third-order valence-corrected chi connectivity index (χ3v) is 10.3. The molecule has 0 unspecified atom stereocenters. The van der Waals surface area contributed by atoms with Crippen molar-refractivity contribution in [1.29, 1.82) is 0 Å². The number of aryl methyl sites for hydroxylation is 1. The lowest BCUT2D eigenvalue weighted by atomic mass is 9.98. The first-order valence-corrected chi connectivity index (χ1v) is 21.2. The van der Waals surface area contributed by atoms with Crippen LogP contribution in [-0.2, 0) is 13.0 Å². The molecule has 48 heavy (non-hydrogen) atoms. The van der Waals surface area contributed by atoms with Crippen molar-refractivity contribution in [2.24, 2.45) is 0 Å². The maximum absolute atomic E-state index is 9.49. The first kappa shape index (κ1) is 42.4. The zero-order valence-electron chi connectivity index (χ0n) is 32.0. The minimum Gasteiger partial charge on any atom is -0.494 e. The number of aliphatic hydroxyl groups is 1. The smallest absolute Gasteiger partial charge is 0.120 e. The highest BCUT2D eigenvalue weighted by Crippen LogP contribution is 2.28. The molecule has 0 bridgehead atoms. The Balaban J connectivity index is 1.61. The summed E-state index contributed by atoms with van der Waals surface area (Å²) in [6, 6.07) is 15.2. The molecule has 0 heterocycles. The van der Waals surface area contributed by atoms with Crippen LogP contribution < -0.4 is 4.74 Å². The van der Waals surface area contributed by atoms with E-state index in [-0.39, 0.29) is 6.61 Å². The molecular weight excluding hydrogens is 585 g/mol. The summed E-state index contributed by atoms with van der Waals surface area (Å²) in [6.07, 6.45) is 41.5. The number of aliphatic hydroxyl groups excluding tert-OH is 1. The maximum Gasteiger partial charge on any atom is 0.120 e. The Morgan fingerprint density at radius 1 is 0.396 bits per heavy atom. The summed E-state index contributed by atoms with van der Waals surface area (Å²) in [5.74, 6) is 1.02. The van der Waals surface area contributed by atoms with E-state index in [2.05, 4.69) is 44.2 Å². The minimum absolute atomic E-state index is 0.0903. The lowest BCUT2D eigenvalue weighted by molar-refractivity contribution is 0.282. The highest BCUT2D eigenvalue weighted by molar-refractivity contribution is 5.66. The van der Waals surface area contributed by atoms with E-state index in [1.54, 1.807) is 0 Å². The second kappa shape index (κ2) is 31.2. The van der Waals surface area contributed by atoms with Gasteiger partial charge >= 0.3 is 0 Å². The van der Waals surface area contributed by atoms with Gasteiger partial charge in [0.15, 0.2) is 0 Å². The van der Waals surface area contributed by atoms with Gasteiger partial charge in [-0.1, -0.05) is 218 Å². The molecule has 2 rings (SSSR count). The molecular formula is C46H78O2. The predicted octanol–water partition coefficient (Wildman–Crippen LogP) is 15.1. The molecule has 274 valence electrons. The van der Waals surface area contributed by atoms with Crippen molar-refractivity contribution in [3.05, 3.63) is 53.6 Å². The van der Waals surface area contributed by atoms with Crippen LogP contribution in [0.1, 0.15) is 211 Å². The molecule has 0 atom stereocenters. The van der Waals surface area contributed by atoms with Gasteiger partial charge in [0.1, 0.15) is 5.75 Å². The molecule has 0 saturated carbocycles. The molecule has 2 nitrogen and oxygen atoms in total. The van der Waals surface area contributed by atoms with Gasteiger partial charge in [0.2, 0.25) is 0 Å². The Morgan fingerprint density at radius 3 is 1.21 bits per heavy atom. The van der Waals surface area contributed by atoms with Crippen molar-refractivity contribution in [2.45, 2.75) is 213 Å². The zero-order valence-corrected chi connectivity index (χ0v) is 32.0. The highest BCUT2D eigenvalue weighted by Gasteiger charge is 2.06. The third kappa shape index (κ3) is 22.8. The molecule has 1 N–H and O–H groups in total. The quantitative estimate of drug-likeness (QED) is 0.0756. The Morgan fingerprint density at radius 2 is 0.792 bits per heavy atom. The first-order valence-electron chi connectivity index (χ1n) is 21.2. The lowest BCUT2D eigenvalue weighted by Crippen LogP contribution is -1.99. The van der Waals surface area contributed by atoms with Gasteiger partial charge in [-0.25, -0.2) is 0 Å². The topological polar surface area (TPSA) is 29.5 Å². The Kier molecular flexibility index (Phi) is 27.5. The molecule has 0 saturated heterocycles. The molecule has 0 radical (unpaired) electrons. The standard InChI is InChI=1S/C46H78O2/c1-3-5-7-9-11-13-15-17-18-19-21-23-25-27-29-31-37-48-46-39-43(38-45(40-46)44-35-33-42(41-47)34-36-44)32-30-28-26-24-22-20-16-14-12-10-8-6-4-2/h33-36,38-40,47H,3-32,37,41H2,1-2H3. The van der Waals surface area contributed by atoms with Crippen LogP contribution in [0.25, 0.3) is 11.1 Å². The summed E-state index contributed by atoms with van der Waals surface area (Å²) in [5, 5.41) is 9.49. The van der Waals surface area contributed by atoms with Crippen LogP contribution >= 0.6 is 0 Å². The molecule has 0 aliphatic carbocycles. The largest absolute Gasteiger partial charge is 0.494 e. The average molecular weight is 663 g/mol. The summed E-state index contributed by atoms with van der Waals surface area (Å²) in [5.41, 5.74) is 4.78. The molecule has 0 fully saturated rings. The number of rotatable bonds is 34. The first-order chi connectivity index (χ1) is 23.8. The number of unbranched alkanes of at least 4 members (excludes halogenated alkanes) is 27. The van der Waals surface area contributed by atoms with Crippen molar-refractivity contribution in [1.82, 2.24) is 0 Å². The monoisotopic (exact) mass is 663 g/mol. The molecule has 2 heteroatoms. The van der Waals surface area contributed by atoms with Crippen molar-refractivity contribution in [2.75, 3.05) is 6.61 Å². The van der Waals surface area contributed by atoms with Crippen molar-refractivity contribution >= 4 is 0 Å². The van der Waals surface area contributed by atoms with E-state index in [0.29, 0.717) is 0 Å². The summed E-state index contributed by atoms with van der Waals surface area (Å²) in [4.78, 5) is 0. The minimum atomic E-state index is 0.0903. The van der Waals surface area contributed by atoms with E-state index >= 15 is 0 Å². The molecule has 2 aromatic rings. The lowest BCUT2D eigenvalue weighted by Gasteiger charge is -2.12. The van der Waals surface area contributed by atoms with Crippen molar-refractivity contribution in [3.63, 3.8) is 0 Å². The number of benzene rings is 2. The normalized spacial score (nSPS) is 11.4. The molecule has 0 amide bonds. The Hall–Kier alpha value is -1.80. The fourth-order valence-corrected chi connectivity index (χ4v) is 7.04. The number of hydrogen-bond acceptors (Lipinski definition) is 2. The van der Waals surface area contributed by atoms with Gasteiger partial charge < -0.3 is 9.84 Å². The van der Waals surface area contributed by atoms with E-state index in [0.717, 1.165) is 30.8 Å². The molecule has 0 aromatic heterocycles. The van der Waals surface area contributed by atoms with Gasteiger partial charge in [0.05, 0.1) is 13.2 Å². The van der Waals surface area contributed by atoms with Crippen molar-refractivity contribution < 1.29 is 9.84 Å². The fourth-order valence-electron chi connectivity index (χ4n) is 7.04. The Labute approximate surface area is 299 Å². The molecule has 0 aliphatic heterocycles. The number of hydrogen-bond donors (Lipinski definition) is 1. The SMILES string of the molecule is CCCCCCCCCCCCCCCCCCOc1cc(CCCCCCCCCCCCCCC)cc(-c2ccc(CO)cc2)c1. The van der Waals surface area contributed by atoms with Crippen LogP contribution in [0.15, 0.2) is 42.5 Å². The van der Waals surface area contributed by atoms with E-state index in [1.165, 1.54) is 196 Å². The van der Waals surface area contributed by atoms with Crippen LogP contribution in [-0.4, -0.2) is 11.7 Å². The highest BCUT2D eigenvalue weighted by atomic mass is 16.5. The van der Waals surface area contributed by atoms with Gasteiger partial charge in [-0.15, -0.1) is 0 Å². The molecule has 0 aliphatic rings. The maximum atomic E-state index is 9.49. The summed E-state index contributed by atoms with van der Waals surface area (Å²) >= 11 is 0. The van der Waals surface area contributed by atoms with E-state index in [1.807, 2.05) is 12.1 Å². The summed E-state index contributed by atoms with van der Waals surface area (Å²) in [7, 11) is 0. The van der Waals surface area contributed by atoms with Crippen molar-refractivity contribution in [3.8, 4) is 16.9 Å². The van der Waals surface area contributed by atoms with Gasteiger partial charge in [-0.2, -0.15) is 0 Å². The van der Waals surface area contributed by atoms with Gasteiger partial charge in [-0.05, 0) is 53.6 Å². The summed E-state index contributed by atoms with van der Waals surface area (Å²) in [6.45, 7) is 5.50. The van der Waals surface area contributed by atoms with Crippen LogP contribution in [0, 0.1) is 0 Å². The zero-order chi connectivity index (χ0) is 34.2. The van der Waals surface area contributed by atoms with Crippen LogP contribution in [0.3, 0.4) is 0 Å². The van der Waals surface area contributed by atoms with Gasteiger partial charge in [0, 0.05) is 0 Å². The van der Waals surface area contributed by atoms with E-state index < -0.39 is 0 Å². The van der Waals surface area contributed by atoms with Gasteiger partial charge in [0.25, 0.3) is 0 Å². The Bertz CT molecular complexity index is 964. The van der Waals surface area contributed by atoms with E-state index in [4.69, 9.17) is 4.74 Å². The average Bonchev–Trinajstić information content (AvgIpc) is 3.11. The predicted molar refractivity (Wildman–Crippen MR) is 212 cm³/mol. The van der Waals surface area contributed by atoms with Crippen LogP contribution in [0.5, 0.6) is 5.75 Å². The summed E-state index contributed by atoms with van der Waals surface area (Å²) < 4.78 is 6.35. The van der Waals surface area contributed by atoms with E-state index in [9.17, 15) is 5.11 Å². The second-order valence-corrected chi connectivity index (χ2v) is 14.9. The van der Waals surface area contributed by atoms with Crippen LogP contribution in [0.2, 0.25) is 0 Å². The number of ether oxygens (including phenoxy) is 1. The third-order valence-electron chi connectivity index (χ3n) is 10.3. The molecule has 2 aromatic carbocycles. The second-order valence-electron chi connectivity index (χ2n) is 14.9. The van der Waals surface area contributed by atoms with Gasteiger partial charge in [-0.3, -0.25) is 0 Å². The fraction of sp³-hybridized carbons (Fsp3) is 0.739. The van der Waals surface area contributed by atoms with Crippen LogP contribution in [0.4, 0.5) is 0 Å². The molecule has 0 spiro atoms.